The number of nitrogens with two attached hydrogens (primary N) is 1. The van der Waals surface area contributed by atoms with E-state index in [1.54, 1.807) is 44.2 Å². The first-order chi connectivity index (χ1) is 26.7. The molecule has 14 N–H and O–H groups in total. The van der Waals surface area contributed by atoms with Gasteiger partial charge in [-0.25, -0.2) is 4.79 Å². The largest absolute Gasteiger partial charge is 0.480 e. The first kappa shape index (κ1) is 49.3. The van der Waals surface area contributed by atoms with Gasteiger partial charge in [0.25, 0.3) is 0 Å². The van der Waals surface area contributed by atoms with Crippen LogP contribution < -0.4 is 48.3 Å². The molecule has 0 saturated heterocycles. The highest BCUT2D eigenvalue weighted by Gasteiger charge is 2.35. The molecule has 0 radical (unpaired) electrons. The van der Waals surface area contributed by atoms with Crippen LogP contribution in [0.4, 0.5) is 0 Å². The number of benzene rings is 1. The number of hydrogen-bond acceptors (Lipinski definition) is 13. The average molecular weight is 810 g/mol. The Balaban J connectivity index is 3.03. The van der Waals surface area contributed by atoms with Crippen molar-refractivity contribution in [3.8, 4) is 0 Å². The predicted molar refractivity (Wildman–Crippen MR) is 200 cm³/mol. The number of carboxylic acids is 1. The van der Waals surface area contributed by atoms with E-state index in [4.69, 9.17) is 5.73 Å². The van der Waals surface area contributed by atoms with Crippen molar-refractivity contribution in [2.24, 2.45) is 11.7 Å². The topological polar surface area (TPSA) is 357 Å². The lowest BCUT2D eigenvalue weighted by Crippen LogP contribution is -2.61. The molecule has 57 heavy (non-hydrogen) atoms. The number of aliphatic hydroxyl groups is 3. The van der Waals surface area contributed by atoms with Crippen molar-refractivity contribution < 1.29 is 63.6 Å². The van der Waals surface area contributed by atoms with Crippen LogP contribution in [-0.4, -0.2) is 148 Å². The van der Waals surface area contributed by atoms with Gasteiger partial charge in [-0.15, -0.1) is 0 Å². The predicted octanol–water partition coefficient (Wildman–Crippen LogP) is -5.77. The third-order valence-electron chi connectivity index (χ3n) is 8.37. The highest BCUT2D eigenvalue weighted by Crippen LogP contribution is 2.11. The third-order valence-corrected chi connectivity index (χ3v) is 8.37. The van der Waals surface area contributed by atoms with Gasteiger partial charge in [-0.2, -0.15) is 0 Å². The molecular formula is C35H55N9O13. The third kappa shape index (κ3) is 17.7. The summed E-state index contributed by atoms with van der Waals surface area (Å²) in [6.07, 6.45) is -2.81. The first-order valence-electron chi connectivity index (χ1n) is 18.0. The van der Waals surface area contributed by atoms with Crippen molar-refractivity contribution in [3.63, 3.8) is 0 Å². The van der Waals surface area contributed by atoms with Gasteiger partial charge in [0.1, 0.15) is 30.2 Å². The lowest BCUT2D eigenvalue weighted by atomic mass is 9.96. The normalized spacial score (nSPS) is 15.6. The Hall–Kier alpha value is -5.71. The maximum absolute atomic E-state index is 13.7. The molecule has 0 aliphatic heterocycles. The molecule has 1 aromatic carbocycles. The minimum atomic E-state index is -1.69. The SMILES string of the molecule is CC[C@H](C)[C@H](NC(=O)[C@H](Cc1ccccc1)NC(=O)[C@@H](NC(=O)CNC(=O)[C@@H](NC(=O)CNC(=O)CNC(=O)[C@H](C)N)[C@@H](C)O)[C@@H](C)O)C(=O)N[C@@H](CO)C(=O)O. The van der Waals surface area contributed by atoms with Gasteiger partial charge in [-0.1, -0.05) is 50.6 Å². The zero-order chi connectivity index (χ0) is 43.4. The van der Waals surface area contributed by atoms with Crippen LogP contribution in [0.5, 0.6) is 0 Å². The maximum atomic E-state index is 13.7. The van der Waals surface area contributed by atoms with Crippen LogP contribution >= 0.6 is 0 Å². The molecule has 0 spiro atoms. The second-order valence-corrected chi connectivity index (χ2v) is 13.3. The first-order valence-corrected chi connectivity index (χ1v) is 18.0. The molecule has 0 heterocycles. The number of nitrogens with one attached hydrogen (secondary N) is 8. The van der Waals surface area contributed by atoms with Gasteiger partial charge in [-0.05, 0) is 32.3 Å². The van der Waals surface area contributed by atoms with E-state index >= 15 is 0 Å². The van der Waals surface area contributed by atoms with Crippen molar-refractivity contribution in [3.05, 3.63) is 35.9 Å². The Labute approximate surface area is 328 Å². The van der Waals surface area contributed by atoms with E-state index in [2.05, 4.69) is 42.5 Å². The number of hydrogen-bond donors (Lipinski definition) is 13. The van der Waals surface area contributed by atoms with E-state index < -0.39 is 134 Å². The van der Waals surface area contributed by atoms with Crippen molar-refractivity contribution >= 4 is 53.2 Å². The fourth-order valence-electron chi connectivity index (χ4n) is 4.83. The zero-order valence-electron chi connectivity index (χ0n) is 32.4. The van der Waals surface area contributed by atoms with Crippen LogP contribution in [0.25, 0.3) is 0 Å². The van der Waals surface area contributed by atoms with Crippen LogP contribution in [0.1, 0.15) is 46.6 Å². The number of carbonyl (C=O) groups is 9. The lowest BCUT2D eigenvalue weighted by molar-refractivity contribution is -0.143. The van der Waals surface area contributed by atoms with E-state index in [9.17, 15) is 63.6 Å². The Bertz CT molecular complexity index is 1560. The number of amides is 8. The van der Waals surface area contributed by atoms with Gasteiger partial charge in [0.05, 0.1) is 44.5 Å². The van der Waals surface area contributed by atoms with Gasteiger partial charge in [-0.3, -0.25) is 38.4 Å². The molecule has 0 fully saturated rings. The fourth-order valence-corrected chi connectivity index (χ4v) is 4.83. The summed E-state index contributed by atoms with van der Waals surface area (Å²) in [6, 6.07) is -0.129. The second kappa shape index (κ2) is 24.7. The zero-order valence-corrected chi connectivity index (χ0v) is 32.4. The van der Waals surface area contributed by atoms with Gasteiger partial charge >= 0.3 is 5.97 Å². The Morgan fingerprint density at radius 2 is 1.07 bits per heavy atom. The van der Waals surface area contributed by atoms with Crippen molar-refractivity contribution in [2.45, 2.75) is 95.9 Å². The van der Waals surface area contributed by atoms with Gasteiger partial charge in [0.2, 0.25) is 47.3 Å². The molecule has 0 unspecified atom stereocenters. The Morgan fingerprint density at radius 3 is 1.56 bits per heavy atom. The minimum absolute atomic E-state index is 0.127. The molecule has 0 aliphatic carbocycles. The molecule has 0 saturated carbocycles. The monoisotopic (exact) mass is 809 g/mol. The summed E-state index contributed by atoms with van der Waals surface area (Å²) in [6.45, 7) is 4.24. The molecule has 22 heteroatoms. The molecular weight excluding hydrogens is 754 g/mol. The fraction of sp³-hybridized carbons (Fsp3) is 0.571. The summed E-state index contributed by atoms with van der Waals surface area (Å²) in [5.41, 5.74) is 5.96. The molecule has 0 bridgehead atoms. The Kier molecular flexibility index (Phi) is 21.4. The summed E-state index contributed by atoms with van der Waals surface area (Å²) in [5.74, 6) is -9.14. The molecule has 0 aromatic heterocycles. The molecule has 22 nitrogen and oxygen atoms in total. The highest BCUT2D eigenvalue weighted by molar-refractivity contribution is 5.97. The number of aliphatic hydroxyl groups excluding tert-OH is 3. The molecule has 1 rings (SSSR count). The van der Waals surface area contributed by atoms with Crippen LogP contribution in [0, 0.1) is 5.92 Å². The smallest absolute Gasteiger partial charge is 0.328 e. The number of carbonyl (C=O) groups excluding carboxylic acids is 8. The molecule has 9 atom stereocenters. The van der Waals surface area contributed by atoms with Crippen LogP contribution in [-0.2, 0) is 49.6 Å². The summed E-state index contributed by atoms with van der Waals surface area (Å²) in [7, 11) is 0. The second-order valence-electron chi connectivity index (χ2n) is 13.3. The van der Waals surface area contributed by atoms with Gasteiger partial charge in [0, 0.05) is 6.42 Å². The van der Waals surface area contributed by atoms with Crippen molar-refractivity contribution in [1.29, 1.82) is 0 Å². The van der Waals surface area contributed by atoms with Crippen molar-refractivity contribution in [2.75, 3.05) is 26.2 Å². The average Bonchev–Trinajstić information content (AvgIpc) is 3.16. The van der Waals surface area contributed by atoms with E-state index in [1.165, 1.54) is 20.8 Å². The molecule has 0 aliphatic rings. The van der Waals surface area contributed by atoms with Crippen LogP contribution in [0.3, 0.4) is 0 Å². The summed E-state index contributed by atoms with van der Waals surface area (Å²) in [4.78, 5) is 113. The standard InChI is InChI=1S/C35H55N9O13/c1-6-17(2)27(33(54)41-23(16-45)35(56)57)44-31(52)22(12-21-10-8-7-9-11-21)40-34(55)29(20(5)47)43-26(50)15-39-32(53)28(19(4)46)42-25(49)14-37-24(48)13-38-30(51)18(3)36/h7-11,17-20,22-23,27-29,45-47H,6,12-16,36H2,1-5H3,(H,37,48)(H,38,51)(H,39,53)(H,40,55)(H,41,54)(H,42,49)(H,43,50)(H,44,52)(H,56,57)/t17-,18-,19+,20+,22-,23-,27-,28-,29-/m0/s1. The number of carboxylic acid groups (broad SMARTS) is 1. The van der Waals surface area contributed by atoms with Gasteiger partial charge < -0.3 is 68.7 Å². The summed E-state index contributed by atoms with van der Waals surface area (Å²) < 4.78 is 0. The highest BCUT2D eigenvalue weighted by atomic mass is 16.4. The number of rotatable bonds is 24. The van der Waals surface area contributed by atoms with E-state index in [0.29, 0.717) is 12.0 Å². The van der Waals surface area contributed by atoms with E-state index in [-0.39, 0.29) is 6.42 Å². The van der Waals surface area contributed by atoms with Crippen molar-refractivity contribution in [1.82, 2.24) is 42.5 Å². The summed E-state index contributed by atoms with van der Waals surface area (Å²) >= 11 is 0. The van der Waals surface area contributed by atoms with Crippen LogP contribution in [0.2, 0.25) is 0 Å². The van der Waals surface area contributed by atoms with E-state index in [1.807, 2.05) is 0 Å². The molecule has 8 amide bonds. The minimum Gasteiger partial charge on any atom is -0.480 e. The molecule has 1 aromatic rings. The van der Waals surface area contributed by atoms with E-state index in [0.717, 1.165) is 0 Å². The number of aliphatic carboxylic acids is 1. The quantitative estimate of drug-likeness (QED) is 0.0463. The lowest BCUT2D eigenvalue weighted by Gasteiger charge is -2.29. The van der Waals surface area contributed by atoms with Crippen LogP contribution in [0.15, 0.2) is 30.3 Å². The Morgan fingerprint density at radius 1 is 0.596 bits per heavy atom. The van der Waals surface area contributed by atoms with Gasteiger partial charge in [0.15, 0.2) is 0 Å². The summed E-state index contributed by atoms with van der Waals surface area (Å²) in [5, 5.41) is 57.4. The molecule has 318 valence electrons. The maximum Gasteiger partial charge on any atom is 0.328 e.